The first-order chi connectivity index (χ1) is 9.51. The number of aromatic nitrogens is 1. The molecular formula is C15H18N2O2S. The summed E-state index contributed by atoms with van der Waals surface area (Å²) in [6.07, 6.45) is 3.58. The van der Waals surface area contributed by atoms with Crippen LogP contribution in [-0.4, -0.2) is 13.4 Å². The van der Waals surface area contributed by atoms with Crippen molar-refractivity contribution in [3.63, 3.8) is 0 Å². The minimum Gasteiger partial charge on any atom is -0.280 e. The van der Waals surface area contributed by atoms with Crippen LogP contribution < -0.4 is 4.72 Å². The predicted octanol–water partition coefficient (Wildman–Crippen LogP) is 3.14. The second-order valence-corrected chi connectivity index (χ2v) is 6.37. The molecule has 0 saturated heterocycles. The first kappa shape index (κ1) is 14.5. The number of aryl methyl sites for hydroxylation is 2. The number of rotatable bonds is 5. The van der Waals surface area contributed by atoms with E-state index in [1.165, 1.54) is 0 Å². The van der Waals surface area contributed by atoms with Gasteiger partial charge in [0, 0.05) is 11.9 Å². The summed E-state index contributed by atoms with van der Waals surface area (Å²) in [6.45, 7) is 3.91. The fraction of sp³-hybridized carbons (Fsp3) is 0.267. The lowest BCUT2D eigenvalue weighted by Crippen LogP contribution is -2.13. The van der Waals surface area contributed by atoms with E-state index in [4.69, 9.17) is 0 Å². The Hall–Kier alpha value is -1.88. The number of sulfonamides is 1. The quantitative estimate of drug-likeness (QED) is 0.920. The molecule has 5 heteroatoms. The van der Waals surface area contributed by atoms with E-state index in [2.05, 4.69) is 16.6 Å². The van der Waals surface area contributed by atoms with Gasteiger partial charge in [-0.25, -0.2) is 8.42 Å². The summed E-state index contributed by atoms with van der Waals surface area (Å²) in [5, 5.41) is 0. The summed E-state index contributed by atoms with van der Waals surface area (Å²) in [7, 11) is -3.54. The van der Waals surface area contributed by atoms with Crippen molar-refractivity contribution in [1.29, 1.82) is 0 Å². The number of anilines is 1. The molecule has 0 radical (unpaired) electrons. The second-order valence-electron chi connectivity index (χ2n) is 4.69. The maximum Gasteiger partial charge on any atom is 0.261 e. The summed E-state index contributed by atoms with van der Waals surface area (Å²) >= 11 is 0. The van der Waals surface area contributed by atoms with Gasteiger partial charge in [-0.2, -0.15) is 0 Å². The largest absolute Gasteiger partial charge is 0.280 e. The number of nitrogens with zero attached hydrogens (tertiary/aromatic N) is 1. The molecule has 0 unspecified atom stereocenters. The zero-order chi connectivity index (χ0) is 14.6. The van der Waals surface area contributed by atoms with E-state index in [1.54, 1.807) is 30.5 Å². The summed E-state index contributed by atoms with van der Waals surface area (Å²) < 4.78 is 27.1. The molecule has 0 aliphatic heterocycles. The molecule has 0 atom stereocenters. The van der Waals surface area contributed by atoms with E-state index in [0.717, 1.165) is 24.1 Å². The molecule has 1 aromatic carbocycles. The van der Waals surface area contributed by atoms with Crippen molar-refractivity contribution in [2.24, 2.45) is 0 Å². The third-order valence-electron chi connectivity index (χ3n) is 2.92. The molecule has 2 aromatic rings. The third kappa shape index (κ3) is 3.57. The van der Waals surface area contributed by atoms with Crippen LogP contribution in [0.5, 0.6) is 0 Å². The Morgan fingerprint density at radius 3 is 2.45 bits per heavy atom. The molecular weight excluding hydrogens is 272 g/mol. The van der Waals surface area contributed by atoms with Crippen LogP contribution in [-0.2, 0) is 16.4 Å². The van der Waals surface area contributed by atoms with Gasteiger partial charge in [-0.15, -0.1) is 0 Å². The minimum absolute atomic E-state index is 0.270. The molecule has 0 aliphatic rings. The molecule has 4 nitrogen and oxygen atoms in total. The molecule has 1 aromatic heterocycles. The fourth-order valence-corrected chi connectivity index (χ4v) is 3.00. The highest BCUT2D eigenvalue weighted by Crippen LogP contribution is 2.17. The van der Waals surface area contributed by atoms with E-state index in [0.29, 0.717) is 5.69 Å². The van der Waals surface area contributed by atoms with Crippen LogP contribution in [0.1, 0.15) is 24.6 Å². The van der Waals surface area contributed by atoms with E-state index in [9.17, 15) is 8.42 Å². The Kier molecular flexibility index (Phi) is 4.39. The predicted molar refractivity (Wildman–Crippen MR) is 80.2 cm³/mol. The second kappa shape index (κ2) is 6.05. The van der Waals surface area contributed by atoms with Gasteiger partial charge in [0.2, 0.25) is 0 Å². The highest BCUT2D eigenvalue weighted by Gasteiger charge is 2.13. The van der Waals surface area contributed by atoms with Gasteiger partial charge >= 0.3 is 0 Å². The van der Waals surface area contributed by atoms with Crippen molar-refractivity contribution >= 4 is 15.7 Å². The Balaban J connectivity index is 2.21. The summed E-state index contributed by atoms with van der Waals surface area (Å²) in [5.74, 6) is 0. The van der Waals surface area contributed by atoms with E-state index >= 15 is 0 Å². The molecule has 0 amide bonds. The zero-order valence-electron chi connectivity index (χ0n) is 11.6. The van der Waals surface area contributed by atoms with Crippen LogP contribution in [0.2, 0.25) is 0 Å². The van der Waals surface area contributed by atoms with Gasteiger partial charge in [-0.05, 0) is 43.2 Å². The van der Waals surface area contributed by atoms with Crippen LogP contribution in [0.15, 0.2) is 47.5 Å². The van der Waals surface area contributed by atoms with Crippen LogP contribution in [0.4, 0.5) is 5.69 Å². The van der Waals surface area contributed by atoms with Crippen molar-refractivity contribution in [3.8, 4) is 0 Å². The number of nitrogens with one attached hydrogen (secondary N) is 1. The monoisotopic (exact) mass is 290 g/mol. The van der Waals surface area contributed by atoms with E-state index < -0.39 is 10.0 Å². The molecule has 0 spiro atoms. The molecule has 0 bridgehead atoms. The standard InChI is InChI=1S/C15H18N2O2S/c1-3-4-13-5-7-15(8-6-13)20(18,19)17-14-9-10-16-12(2)11-14/h5-11H,3-4H2,1-2H3,(H,16,17). The van der Waals surface area contributed by atoms with Crippen LogP contribution in [0.25, 0.3) is 0 Å². The Bertz CT molecular complexity index is 679. The Morgan fingerprint density at radius 2 is 1.85 bits per heavy atom. The number of hydrogen-bond acceptors (Lipinski definition) is 3. The Labute approximate surface area is 119 Å². The van der Waals surface area contributed by atoms with Gasteiger partial charge in [0.25, 0.3) is 10.0 Å². The average Bonchev–Trinajstić information content (AvgIpc) is 2.39. The van der Waals surface area contributed by atoms with Crippen molar-refractivity contribution in [2.75, 3.05) is 4.72 Å². The summed E-state index contributed by atoms with van der Waals surface area (Å²) in [5.41, 5.74) is 2.44. The van der Waals surface area contributed by atoms with Gasteiger partial charge in [0.05, 0.1) is 10.6 Å². The smallest absolute Gasteiger partial charge is 0.261 e. The van der Waals surface area contributed by atoms with Gasteiger partial charge in [-0.3, -0.25) is 9.71 Å². The van der Waals surface area contributed by atoms with Gasteiger partial charge in [-0.1, -0.05) is 25.5 Å². The van der Waals surface area contributed by atoms with Crippen LogP contribution in [0.3, 0.4) is 0 Å². The molecule has 2 rings (SSSR count). The van der Waals surface area contributed by atoms with Crippen molar-refractivity contribution in [2.45, 2.75) is 31.6 Å². The van der Waals surface area contributed by atoms with Crippen LogP contribution >= 0.6 is 0 Å². The number of hydrogen-bond donors (Lipinski definition) is 1. The molecule has 0 saturated carbocycles. The number of pyridine rings is 1. The topological polar surface area (TPSA) is 59.1 Å². The maximum absolute atomic E-state index is 12.3. The molecule has 1 N–H and O–H groups in total. The summed E-state index contributed by atoms with van der Waals surface area (Å²) in [6, 6.07) is 10.3. The highest BCUT2D eigenvalue weighted by molar-refractivity contribution is 7.92. The molecule has 20 heavy (non-hydrogen) atoms. The third-order valence-corrected chi connectivity index (χ3v) is 4.32. The van der Waals surface area contributed by atoms with Crippen LogP contribution in [0, 0.1) is 6.92 Å². The van der Waals surface area contributed by atoms with Gasteiger partial charge in [0.15, 0.2) is 0 Å². The lowest BCUT2D eigenvalue weighted by Gasteiger charge is -2.09. The Morgan fingerprint density at radius 1 is 1.15 bits per heavy atom. The van der Waals surface area contributed by atoms with Crippen molar-refractivity contribution < 1.29 is 8.42 Å². The molecule has 0 fully saturated rings. The first-order valence-corrected chi connectivity index (χ1v) is 8.04. The lowest BCUT2D eigenvalue weighted by atomic mass is 10.1. The van der Waals surface area contributed by atoms with Gasteiger partial charge in [0.1, 0.15) is 0 Å². The normalized spacial score (nSPS) is 11.3. The highest BCUT2D eigenvalue weighted by atomic mass is 32.2. The SMILES string of the molecule is CCCc1ccc(S(=O)(=O)Nc2ccnc(C)c2)cc1. The minimum atomic E-state index is -3.54. The fourth-order valence-electron chi connectivity index (χ4n) is 1.95. The first-order valence-electron chi connectivity index (χ1n) is 6.55. The lowest BCUT2D eigenvalue weighted by molar-refractivity contribution is 0.601. The van der Waals surface area contributed by atoms with Crippen molar-refractivity contribution in [3.05, 3.63) is 53.9 Å². The average molecular weight is 290 g/mol. The van der Waals surface area contributed by atoms with E-state index in [1.807, 2.05) is 19.1 Å². The summed E-state index contributed by atoms with van der Waals surface area (Å²) in [4.78, 5) is 4.31. The zero-order valence-corrected chi connectivity index (χ0v) is 12.4. The molecule has 1 heterocycles. The van der Waals surface area contributed by atoms with Gasteiger partial charge < -0.3 is 0 Å². The molecule has 106 valence electrons. The maximum atomic E-state index is 12.3. The van der Waals surface area contributed by atoms with Crippen molar-refractivity contribution in [1.82, 2.24) is 4.98 Å². The number of benzene rings is 1. The molecule has 0 aliphatic carbocycles. The van der Waals surface area contributed by atoms with E-state index in [-0.39, 0.29) is 4.90 Å².